The first-order valence-electron chi connectivity index (χ1n) is 6.50. The Labute approximate surface area is 123 Å². The van der Waals surface area contributed by atoms with Gasteiger partial charge in [-0.25, -0.2) is 9.18 Å². The van der Waals surface area contributed by atoms with E-state index in [4.69, 9.17) is 4.74 Å². The smallest absolute Gasteiger partial charge is 0.331 e. The molecule has 0 unspecified atom stereocenters. The number of ether oxygens (including phenoxy) is 1. The predicted molar refractivity (Wildman–Crippen MR) is 77.9 cm³/mol. The molecule has 0 spiro atoms. The Balaban J connectivity index is 2.34. The van der Waals surface area contributed by atoms with Crippen LogP contribution in [0.3, 0.4) is 0 Å². The monoisotopic (exact) mass is 291 g/mol. The van der Waals surface area contributed by atoms with Crippen LogP contribution in [0.15, 0.2) is 42.5 Å². The molecule has 1 aromatic rings. The molecular formula is C16H18FNO3. The highest BCUT2D eigenvalue weighted by molar-refractivity contribution is 5.85. The van der Waals surface area contributed by atoms with E-state index in [0.29, 0.717) is 11.1 Å². The summed E-state index contributed by atoms with van der Waals surface area (Å²) in [6.45, 7) is 3.30. The molecule has 0 aromatic heterocycles. The van der Waals surface area contributed by atoms with Crippen LogP contribution in [0.2, 0.25) is 0 Å². The zero-order valence-corrected chi connectivity index (χ0v) is 12.1. The molecule has 0 aliphatic heterocycles. The van der Waals surface area contributed by atoms with E-state index in [1.54, 1.807) is 31.2 Å². The molecule has 1 N–H and O–H groups in total. The van der Waals surface area contributed by atoms with Crippen molar-refractivity contribution in [2.45, 2.75) is 20.4 Å². The van der Waals surface area contributed by atoms with Crippen molar-refractivity contribution in [3.8, 4) is 0 Å². The fourth-order valence-corrected chi connectivity index (χ4v) is 1.43. The molecule has 0 aliphatic rings. The van der Waals surface area contributed by atoms with Crippen LogP contribution in [0.25, 0.3) is 0 Å². The fraction of sp³-hybridized carbons (Fsp3) is 0.250. The minimum atomic E-state index is -0.593. The zero-order valence-electron chi connectivity index (χ0n) is 12.1. The van der Waals surface area contributed by atoms with Gasteiger partial charge in [-0.1, -0.05) is 30.4 Å². The number of carbonyl (C=O) groups excluding carboxylic acids is 2. The van der Waals surface area contributed by atoms with Gasteiger partial charge in [-0.15, -0.1) is 0 Å². The molecule has 112 valence electrons. The van der Waals surface area contributed by atoms with Crippen molar-refractivity contribution < 1.29 is 18.7 Å². The average molecular weight is 291 g/mol. The van der Waals surface area contributed by atoms with E-state index >= 15 is 0 Å². The lowest BCUT2D eigenvalue weighted by molar-refractivity contribution is -0.143. The molecule has 0 bridgehead atoms. The summed E-state index contributed by atoms with van der Waals surface area (Å²) < 4.78 is 18.0. The van der Waals surface area contributed by atoms with Crippen LogP contribution in [0.5, 0.6) is 0 Å². The van der Waals surface area contributed by atoms with Crippen molar-refractivity contribution in [3.63, 3.8) is 0 Å². The Morgan fingerprint density at radius 3 is 2.76 bits per heavy atom. The van der Waals surface area contributed by atoms with Crippen molar-refractivity contribution in [3.05, 3.63) is 59.4 Å². The Bertz CT molecular complexity index is 565. The molecule has 1 amide bonds. The molecule has 0 saturated heterocycles. The van der Waals surface area contributed by atoms with Crippen LogP contribution < -0.4 is 5.32 Å². The number of allylic oxidation sites excluding steroid dienone is 3. The summed E-state index contributed by atoms with van der Waals surface area (Å²) in [5.74, 6) is -1.35. The van der Waals surface area contributed by atoms with Crippen molar-refractivity contribution in [1.82, 2.24) is 5.32 Å². The number of rotatable bonds is 6. The van der Waals surface area contributed by atoms with E-state index in [2.05, 4.69) is 5.32 Å². The normalized spacial score (nSPS) is 11.0. The van der Waals surface area contributed by atoms with Crippen molar-refractivity contribution in [2.75, 3.05) is 6.61 Å². The summed E-state index contributed by atoms with van der Waals surface area (Å²) >= 11 is 0. The number of halogens is 1. The van der Waals surface area contributed by atoms with Crippen LogP contribution in [0.4, 0.5) is 4.39 Å². The SMILES string of the molecule is C/C=C/C=C/C(=O)OCC(=O)NCc1ccc(C)c(F)c1. The summed E-state index contributed by atoms with van der Waals surface area (Å²) in [7, 11) is 0. The summed E-state index contributed by atoms with van der Waals surface area (Å²) in [5.41, 5.74) is 1.19. The Morgan fingerprint density at radius 1 is 1.33 bits per heavy atom. The standard InChI is InChI=1S/C16H18FNO3/c1-3-4-5-6-16(20)21-11-15(19)18-10-13-8-7-12(2)14(17)9-13/h3-9H,10-11H2,1-2H3,(H,18,19)/b4-3+,6-5+. The lowest BCUT2D eigenvalue weighted by Gasteiger charge is -2.06. The van der Waals surface area contributed by atoms with Crippen LogP contribution in [-0.4, -0.2) is 18.5 Å². The van der Waals surface area contributed by atoms with Gasteiger partial charge in [0.1, 0.15) is 5.82 Å². The van der Waals surface area contributed by atoms with Crippen molar-refractivity contribution in [2.24, 2.45) is 0 Å². The molecule has 0 atom stereocenters. The van der Waals surface area contributed by atoms with Gasteiger partial charge in [-0.2, -0.15) is 0 Å². The Hall–Kier alpha value is -2.43. The molecule has 1 aromatic carbocycles. The maximum Gasteiger partial charge on any atom is 0.331 e. The highest BCUT2D eigenvalue weighted by Crippen LogP contribution is 2.08. The molecule has 4 nitrogen and oxygen atoms in total. The quantitative estimate of drug-likeness (QED) is 0.497. The summed E-state index contributed by atoms with van der Waals surface area (Å²) in [5, 5.41) is 2.55. The number of amides is 1. The Morgan fingerprint density at radius 2 is 2.10 bits per heavy atom. The molecule has 0 fully saturated rings. The second-order valence-electron chi connectivity index (χ2n) is 4.35. The first-order chi connectivity index (χ1) is 10.0. The number of hydrogen-bond acceptors (Lipinski definition) is 3. The van der Waals surface area contributed by atoms with Gasteiger partial charge in [0.05, 0.1) is 0 Å². The third kappa shape index (κ3) is 6.51. The number of esters is 1. The third-order valence-electron chi connectivity index (χ3n) is 2.61. The molecule has 1 rings (SSSR count). The minimum absolute atomic E-state index is 0.183. The Kier molecular flexibility index (Phi) is 6.87. The molecule has 0 radical (unpaired) electrons. The molecule has 0 saturated carbocycles. The third-order valence-corrected chi connectivity index (χ3v) is 2.61. The topological polar surface area (TPSA) is 55.4 Å². The van der Waals surface area contributed by atoms with Gasteiger partial charge in [-0.05, 0) is 31.0 Å². The van der Waals surface area contributed by atoms with Gasteiger partial charge in [0.15, 0.2) is 6.61 Å². The number of benzene rings is 1. The predicted octanol–water partition coefficient (Wildman–Crippen LogP) is 2.43. The number of nitrogens with one attached hydrogen (secondary N) is 1. The van der Waals surface area contributed by atoms with Crippen LogP contribution in [0, 0.1) is 12.7 Å². The van der Waals surface area contributed by atoms with Gasteiger partial charge in [0.2, 0.25) is 0 Å². The van der Waals surface area contributed by atoms with Crippen LogP contribution >= 0.6 is 0 Å². The largest absolute Gasteiger partial charge is 0.452 e. The lowest BCUT2D eigenvalue weighted by Crippen LogP contribution is -2.28. The highest BCUT2D eigenvalue weighted by atomic mass is 19.1. The van der Waals surface area contributed by atoms with Crippen molar-refractivity contribution in [1.29, 1.82) is 0 Å². The molecule has 21 heavy (non-hydrogen) atoms. The van der Waals surface area contributed by atoms with E-state index in [-0.39, 0.29) is 19.0 Å². The second kappa shape index (κ2) is 8.68. The van der Waals surface area contributed by atoms with Gasteiger partial charge in [-0.3, -0.25) is 4.79 Å². The fourth-order valence-electron chi connectivity index (χ4n) is 1.43. The summed E-state index contributed by atoms with van der Waals surface area (Å²) in [4.78, 5) is 22.7. The average Bonchev–Trinajstić information content (AvgIpc) is 2.46. The first kappa shape index (κ1) is 16.6. The van der Waals surface area contributed by atoms with Gasteiger partial charge in [0, 0.05) is 12.6 Å². The first-order valence-corrected chi connectivity index (χ1v) is 6.50. The molecular weight excluding hydrogens is 273 g/mol. The van der Waals surface area contributed by atoms with E-state index in [9.17, 15) is 14.0 Å². The van der Waals surface area contributed by atoms with Crippen molar-refractivity contribution >= 4 is 11.9 Å². The number of hydrogen-bond donors (Lipinski definition) is 1. The van der Waals surface area contributed by atoms with Crippen LogP contribution in [-0.2, 0) is 20.9 Å². The highest BCUT2D eigenvalue weighted by Gasteiger charge is 2.05. The molecule has 5 heteroatoms. The van der Waals surface area contributed by atoms with Gasteiger partial charge < -0.3 is 10.1 Å². The van der Waals surface area contributed by atoms with E-state index in [1.807, 2.05) is 6.92 Å². The maximum absolute atomic E-state index is 13.3. The van der Waals surface area contributed by atoms with E-state index in [0.717, 1.165) is 0 Å². The van der Waals surface area contributed by atoms with Crippen LogP contribution in [0.1, 0.15) is 18.1 Å². The maximum atomic E-state index is 13.3. The molecule has 0 aliphatic carbocycles. The second-order valence-corrected chi connectivity index (χ2v) is 4.35. The summed E-state index contributed by atoms with van der Waals surface area (Å²) in [6, 6.07) is 4.73. The van der Waals surface area contributed by atoms with Gasteiger partial charge >= 0.3 is 5.97 Å². The summed E-state index contributed by atoms with van der Waals surface area (Å²) in [6.07, 6.45) is 6.18. The lowest BCUT2D eigenvalue weighted by atomic mass is 10.1. The molecule has 0 heterocycles. The van der Waals surface area contributed by atoms with E-state index < -0.39 is 11.9 Å². The number of aryl methyl sites for hydroxylation is 1. The zero-order chi connectivity index (χ0) is 15.7. The minimum Gasteiger partial charge on any atom is -0.452 e. The number of carbonyl (C=O) groups is 2. The van der Waals surface area contributed by atoms with Gasteiger partial charge in [0.25, 0.3) is 5.91 Å². The van der Waals surface area contributed by atoms with E-state index in [1.165, 1.54) is 18.2 Å².